The van der Waals surface area contributed by atoms with Crippen LogP contribution in [0.1, 0.15) is 18.0 Å². The lowest BCUT2D eigenvalue weighted by molar-refractivity contribution is 0.473. The van der Waals surface area contributed by atoms with Gasteiger partial charge in [0, 0.05) is 18.3 Å². The van der Waals surface area contributed by atoms with Crippen molar-refractivity contribution in [1.82, 2.24) is 24.4 Å². The molecule has 8 heteroatoms. The molecule has 1 aromatic carbocycles. The Hall–Kier alpha value is -3.96. The van der Waals surface area contributed by atoms with Crippen LogP contribution in [0.3, 0.4) is 0 Å². The second-order valence-electron chi connectivity index (χ2n) is 7.23. The predicted molar refractivity (Wildman–Crippen MR) is 111 cm³/mol. The van der Waals surface area contributed by atoms with Crippen LogP contribution in [0.4, 0.5) is 0 Å². The normalized spacial score (nSPS) is 16.0. The molecule has 5 rings (SSSR count). The van der Waals surface area contributed by atoms with Gasteiger partial charge < -0.3 is 10.4 Å². The van der Waals surface area contributed by atoms with Crippen molar-refractivity contribution in [3.8, 4) is 28.8 Å². The average molecular weight is 398 g/mol. The van der Waals surface area contributed by atoms with E-state index in [4.69, 9.17) is 5.26 Å². The highest BCUT2D eigenvalue weighted by Gasteiger charge is 2.24. The molecule has 0 aliphatic carbocycles. The summed E-state index contributed by atoms with van der Waals surface area (Å²) in [5.41, 5.74) is 3.45. The van der Waals surface area contributed by atoms with Gasteiger partial charge in [0.25, 0.3) is 0 Å². The van der Waals surface area contributed by atoms with E-state index in [9.17, 15) is 9.90 Å². The fraction of sp³-hybridized carbons (Fsp3) is 0.182. The monoisotopic (exact) mass is 398 g/mol. The maximum Gasteiger partial charge on any atom is 0.335 e. The number of hydrogen-bond acceptors (Lipinski definition) is 6. The maximum absolute atomic E-state index is 13.3. The summed E-state index contributed by atoms with van der Waals surface area (Å²) in [4.78, 5) is 22.3. The first kappa shape index (κ1) is 18.1. The molecule has 8 nitrogen and oxygen atoms in total. The molecule has 1 fully saturated rings. The first-order valence-corrected chi connectivity index (χ1v) is 9.66. The lowest BCUT2D eigenvalue weighted by atomic mass is 10.1. The average Bonchev–Trinajstić information content (AvgIpc) is 3.39. The van der Waals surface area contributed by atoms with Gasteiger partial charge in [-0.1, -0.05) is 0 Å². The fourth-order valence-corrected chi connectivity index (χ4v) is 3.96. The van der Waals surface area contributed by atoms with Crippen molar-refractivity contribution in [3.63, 3.8) is 0 Å². The third-order valence-electron chi connectivity index (χ3n) is 5.45. The van der Waals surface area contributed by atoms with Gasteiger partial charge in [0.2, 0.25) is 0 Å². The van der Waals surface area contributed by atoms with Gasteiger partial charge in [0.15, 0.2) is 5.65 Å². The topological polar surface area (TPSA) is 109 Å². The first-order valence-electron chi connectivity index (χ1n) is 9.66. The molecule has 4 aromatic rings. The van der Waals surface area contributed by atoms with E-state index in [1.807, 2.05) is 24.3 Å². The van der Waals surface area contributed by atoms with Gasteiger partial charge in [0.1, 0.15) is 11.8 Å². The minimum atomic E-state index is -0.136. The summed E-state index contributed by atoms with van der Waals surface area (Å²) < 4.78 is 3.40. The highest BCUT2D eigenvalue weighted by Crippen LogP contribution is 2.26. The third-order valence-corrected chi connectivity index (χ3v) is 5.45. The molecule has 148 valence electrons. The number of nitrogens with one attached hydrogen (secondary N) is 1. The van der Waals surface area contributed by atoms with Crippen molar-refractivity contribution >= 4 is 11.2 Å². The van der Waals surface area contributed by atoms with Crippen LogP contribution in [0.25, 0.3) is 28.1 Å². The van der Waals surface area contributed by atoms with Crippen molar-refractivity contribution in [3.05, 3.63) is 70.9 Å². The van der Waals surface area contributed by atoms with Gasteiger partial charge in [-0.05, 0) is 55.4 Å². The van der Waals surface area contributed by atoms with Crippen LogP contribution < -0.4 is 11.0 Å². The fourth-order valence-electron chi connectivity index (χ4n) is 3.96. The molecular weight excluding hydrogens is 380 g/mol. The Morgan fingerprint density at radius 2 is 2.10 bits per heavy atom. The van der Waals surface area contributed by atoms with E-state index < -0.39 is 0 Å². The Balaban J connectivity index is 1.61. The summed E-state index contributed by atoms with van der Waals surface area (Å²) in [6, 6.07) is 14.1. The number of pyridine rings is 2. The van der Waals surface area contributed by atoms with Gasteiger partial charge in [-0.3, -0.25) is 14.1 Å². The maximum atomic E-state index is 13.3. The zero-order valence-electron chi connectivity index (χ0n) is 16.0. The zero-order valence-corrected chi connectivity index (χ0v) is 16.0. The number of aromatic hydroxyl groups is 1. The van der Waals surface area contributed by atoms with Crippen LogP contribution in [-0.2, 0) is 0 Å². The molecule has 1 aliphatic heterocycles. The molecule has 3 aromatic heterocycles. The van der Waals surface area contributed by atoms with Crippen LogP contribution in [-0.4, -0.2) is 37.3 Å². The number of benzene rings is 1. The second kappa shape index (κ2) is 7.13. The molecule has 0 saturated carbocycles. The standard InChI is InChI=1S/C22H18N6O2/c23-11-15-10-14(3-6-20(15)29)18-5-4-16(13-26-18)27-19-2-1-8-25-21(19)28(22(27)30)17-7-9-24-12-17/h1-6,8,10,13,17,24,29H,7,9,12H2/t17-/m0/s1. The highest BCUT2D eigenvalue weighted by atomic mass is 16.3. The molecule has 1 saturated heterocycles. The summed E-state index contributed by atoms with van der Waals surface area (Å²) in [5, 5.41) is 22.1. The lowest BCUT2D eigenvalue weighted by Crippen LogP contribution is -2.28. The van der Waals surface area contributed by atoms with Gasteiger partial charge in [-0.15, -0.1) is 0 Å². The Morgan fingerprint density at radius 1 is 1.20 bits per heavy atom. The number of fused-ring (bicyclic) bond motifs is 1. The number of imidazole rings is 1. The van der Waals surface area contributed by atoms with E-state index in [2.05, 4.69) is 15.3 Å². The van der Waals surface area contributed by atoms with Crippen LogP contribution in [0.5, 0.6) is 5.75 Å². The van der Waals surface area contributed by atoms with Crippen LogP contribution in [0.15, 0.2) is 59.7 Å². The van der Waals surface area contributed by atoms with E-state index in [0.29, 0.717) is 22.6 Å². The Bertz CT molecular complexity index is 1340. The third kappa shape index (κ3) is 2.84. The van der Waals surface area contributed by atoms with E-state index >= 15 is 0 Å². The van der Waals surface area contributed by atoms with E-state index in [-0.39, 0.29) is 23.0 Å². The van der Waals surface area contributed by atoms with Gasteiger partial charge in [0.05, 0.1) is 34.7 Å². The number of rotatable bonds is 3. The van der Waals surface area contributed by atoms with Crippen molar-refractivity contribution in [2.24, 2.45) is 0 Å². The molecule has 1 aliphatic rings. The molecule has 0 spiro atoms. The van der Waals surface area contributed by atoms with E-state index in [1.165, 1.54) is 6.07 Å². The van der Waals surface area contributed by atoms with E-state index in [1.54, 1.807) is 39.7 Å². The molecule has 0 amide bonds. The summed E-state index contributed by atoms with van der Waals surface area (Å²) in [7, 11) is 0. The second-order valence-corrected chi connectivity index (χ2v) is 7.23. The number of aromatic nitrogens is 4. The number of nitrogens with zero attached hydrogens (tertiary/aromatic N) is 5. The zero-order chi connectivity index (χ0) is 20.7. The summed E-state index contributed by atoms with van der Waals surface area (Å²) in [6.07, 6.45) is 4.22. The molecule has 0 unspecified atom stereocenters. The molecule has 4 heterocycles. The first-order chi connectivity index (χ1) is 14.7. The molecule has 30 heavy (non-hydrogen) atoms. The SMILES string of the molecule is N#Cc1cc(-c2ccc(-n3c(=O)n([C@H]4CCNC4)c4ncccc43)cn2)ccc1O. The lowest BCUT2D eigenvalue weighted by Gasteiger charge is -2.09. The van der Waals surface area contributed by atoms with Crippen LogP contribution in [0.2, 0.25) is 0 Å². The molecule has 1 atom stereocenters. The largest absolute Gasteiger partial charge is 0.507 e. The highest BCUT2D eigenvalue weighted by molar-refractivity contribution is 5.74. The van der Waals surface area contributed by atoms with Gasteiger partial charge in [-0.2, -0.15) is 5.26 Å². The van der Waals surface area contributed by atoms with Crippen LogP contribution >= 0.6 is 0 Å². The van der Waals surface area contributed by atoms with Crippen molar-refractivity contribution < 1.29 is 5.11 Å². The predicted octanol–water partition coefficient (Wildman–Crippen LogP) is 2.36. The Morgan fingerprint density at radius 3 is 2.83 bits per heavy atom. The Labute approximate surface area is 171 Å². The quantitative estimate of drug-likeness (QED) is 0.548. The molecule has 0 bridgehead atoms. The number of phenolic OH excluding ortho intramolecular Hbond substituents is 1. The van der Waals surface area contributed by atoms with Crippen molar-refractivity contribution in [2.45, 2.75) is 12.5 Å². The van der Waals surface area contributed by atoms with Gasteiger partial charge in [-0.25, -0.2) is 9.78 Å². The minimum absolute atomic E-state index is 0.0638. The summed E-state index contributed by atoms with van der Waals surface area (Å²) in [5.74, 6) is -0.0638. The number of nitriles is 1. The summed E-state index contributed by atoms with van der Waals surface area (Å²) >= 11 is 0. The smallest absolute Gasteiger partial charge is 0.335 e. The summed E-state index contributed by atoms with van der Waals surface area (Å²) in [6.45, 7) is 1.62. The molecule has 2 N–H and O–H groups in total. The number of phenols is 1. The van der Waals surface area contributed by atoms with Crippen molar-refractivity contribution in [1.29, 1.82) is 5.26 Å². The minimum Gasteiger partial charge on any atom is -0.507 e. The van der Waals surface area contributed by atoms with E-state index in [0.717, 1.165) is 25.0 Å². The van der Waals surface area contributed by atoms with Gasteiger partial charge >= 0.3 is 5.69 Å². The Kier molecular flexibility index (Phi) is 4.30. The van der Waals surface area contributed by atoms with Crippen molar-refractivity contribution in [2.75, 3.05) is 13.1 Å². The molecule has 0 radical (unpaired) electrons. The number of hydrogen-bond donors (Lipinski definition) is 2. The molecular formula is C22H18N6O2. The van der Waals surface area contributed by atoms with Crippen LogP contribution in [0, 0.1) is 11.3 Å².